The molecule has 88 valence electrons. The fourth-order valence-electron chi connectivity index (χ4n) is 1.49. The molecule has 1 aromatic carbocycles. The molecule has 4 heteroatoms. The van der Waals surface area contributed by atoms with E-state index in [2.05, 4.69) is 0 Å². The van der Waals surface area contributed by atoms with Gasteiger partial charge in [-0.1, -0.05) is 18.2 Å². The molecular formula is C12H16FNO2. The molecule has 0 aliphatic rings. The molecule has 1 aromatic rings. The summed E-state index contributed by atoms with van der Waals surface area (Å²) in [4.78, 5) is 12.8. The maximum Gasteiger partial charge on any atom is 0.336 e. The molecule has 1 atom stereocenters. The first-order valence-electron chi connectivity index (χ1n) is 5.13. The van der Waals surface area contributed by atoms with Gasteiger partial charge < -0.3 is 10.0 Å². The lowest BCUT2D eigenvalue weighted by molar-refractivity contribution is 0.0693. The summed E-state index contributed by atoms with van der Waals surface area (Å²) in [5.41, 5.74) is 0.311. The number of nitrogens with zero attached hydrogens (tertiary/aromatic N) is 1. The van der Waals surface area contributed by atoms with Crippen molar-refractivity contribution in [3.63, 3.8) is 0 Å². The number of carboxylic acids is 1. The van der Waals surface area contributed by atoms with Gasteiger partial charge in [0.15, 0.2) is 0 Å². The summed E-state index contributed by atoms with van der Waals surface area (Å²) in [6, 6.07) is 6.22. The highest BCUT2D eigenvalue weighted by atomic mass is 19.1. The van der Waals surface area contributed by atoms with Crippen molar-refractivity contribution in [3.8, 4) is 0 Å². The molecule has 1 rings (SSSR count). The van der Waals surface area contributed by atoms with E-state index in [1.54, 1.807) is 12.1 Å². The molecule has 0 saturated carbocycles. The van der Waals surface area contributed by atoms with Gasteiger partial charge in [-0.25, -0.2) is 9.18 Å². The average Bonchev–Trinajstić information content (AvgIpc) is 2.25. The molecule has 0 radical (unpaired) electrons. The Labute approximate surface area is 94.5 Å². The van der Waals surface area contributed by atoms with Gasteiger partial charge in [-0.2, -0.15) is 0 Å². The van der Waals surface area contributed by atoms with Crippen LogP contribution >= 0.6 is 0 Å². The lowest BCUT2D eigenvalue weighted by atomic mass is 10.0. The lowest BCUT2D eigenvalue weighted by Crippen LogP contribution is -2.15. The number of aromatic carboxylic acids is 1. The third-order valence-electron chi connectivity index (χ3n) is 2.36. The smallest absolute Gasteiger partial charge is 0.336 e. The van der Waals surface area contributed by atoms with Crippen molar-refractivity contribution in [2.45, 2.75) is 12.6 Å². The van der Waals surface area contributed by atoms with Gasteiger partial charge >= 0.3 is 5.97 Å². The van der Waals surface area contributed by atoms with Crippen LogP contribution in [0.4, 0.5) is 4.39 Å². The molecule has 0 saturated heterocycles. The zero-order valence-electron chi connectivity index (χ0n) is 9.48. The summed E-state index contributed by atoms with van der Waals surface area (Å²) in [6.45, 7) is 0.592. The summed E-state index contributed by atoms with van der Waals surface area (Å²) in [6.07, 6.45) is -0.924. The fourth-order valence-corrected chi connectivity index (χ4v) is 1.49. The molecular weight excluding hydrogens is 209 g/mol. The van der Waals surface area contributed by atoms with E-state index in [1.165, 1.54) is 12.1 Å². The van der Waals surface area contributed by atoms with Crippen LogP contribution < -0.4 is 0 Å². The van der Waals surface area contributed by atoms with Crippen LogP contribution in [-0.4, -0.2) is 36.6 Å². The highest BCUT2D eigenvalue weighted by Gasteiger charge is 2.17. The summed E-state index contributed by atoms with van der Waals surface area (Å²) >= 11 is 0. The van der Waals surface area contributed by atoms with Crippen molar-refractivity contribution in [1.29, 1.82) is 0 Å². The van der Waals surface area contributed by atoms with Crippen LogP contribution in [0.2, 0.25) is 0 Å². The van der Waals surface area contributed by atoms with Crippen LogP contribution in [0, 0.1) is 0 Å². The largest absolute Gasteiger partial charge is 0.478 e. The predicted octanol–water partition coefficient (Wildman–Crippen LogP) is 2.35. The van der Waals surface area contributed by atoms with E-state index in [0.29, 0.717) is 13.0 Å². The summed E-state index contributed by atoms with van der Waals surface area (Å²) in [7, 11) is 3.71. The van der Waals surface area contributed by atoms with Crippen molar-refractivity contribution < 1.29 is 14.3 Å². The van der Waals surface area contributed by atoms with Gasteiger partial charge in [0.25, 0.3) is 0 Å². The maximum atomic E-state index is 13.8. The minimum atomic E-state index is -1.23. The molecule has 1 N–H and O–H groups in total. The fraction of sp³-hybridized carbons (Fsp3) is 0.417. The van der Waals surface area contributed by atoms with Crippen molar-refractivity contribution in [3.05, 3.63) is 35.4 Å². The van der Waals surface area contributed by atoms with Crippen LogP contribution in [0.15, 0.2) is 24.3 Å². The van der Waals surface area contributed by atoms with Crippen LogP contribution in [0.3, 0.4) is 0 Å². The van der Waals surface area contributed by atoms with E-state index in [1.807, 2.05) is 19.0 Å². The minimum Gasteiger partial charge on any atom is -0.478 e. The topological polar surface area (TPSA) is 40.5 Å². The molecule has 0 heterocycles. The number of benzene rings is 1. The number of halogens is 1. The third-order valence-corrected chi connectivity index (χ3v) is 2.36. The predicted molar refractivity (Wildman–Crippen MR) is 60.4 cm³/mol. The molecule has 3 nitrogen and oxygen atoms in total. The highest BCUT2D eigenvalue weighted by Crippen LogP contribution is 2.24. The van der Waals surface area contributed by atoms with Gasteiger partial charge in [-0.15, -0.1) is 0 Å². The molecule has 16 heavy (non-hydrogen) atoms. The number of hydrogen-bond donors (Lipinski definition) is 1. The minimum absolute atomic E-state index is 0.0498. The first kappa shape index (κ1) is 12.6. The molecule has 0 aliphatic heterocycles. The molecule has 0 bridgehead atoms. The van der Waals surface area contributed by atoms with Crippen molar-refractivity contribution in [1.82, 2.24) is 4.90 Å². The molecule has 0 aromatic heterocycles. The van der Waals surface area contributed by atoms with Crippen molar-refractivity contribution in [2.24, 2.45) is 0 Å². The van der Waals surface area contributed by atoms with E-state index in [-0.39, 0.29) is 11.1 Å². The summed E-state index contributed by atoms with van der Waals surface area (Å²) < 4.78 is 13.8. The van der Waals surface area contributed by atoms with Gasteiger partial charge in [-0.3, -0.25) is 0 Å². The zero-order chi connectivity index (χ0) is 12.1. The summed E-state index contributed by atoms with van der Waals surface area (Å²) in [5.74, 6) is -1.08. The Kier molecular flexibility index (Phi) is 4.43. The Balaban J connectivity index is 2.82. The molecule has 1 unspecified atom stereocenters. The van der Waals surface area contributed by atoms with Gasteiger partial charge in [0.05, 0.1) is 5.56 Å². The molecule has 0 amide bonds. The highest BCUT2D eigenvalue weighted by molar-refractivity contribution is 5.89. The summed E-state index contributed by atoms with van der Waals surface area (Å²) in [5, 5.41) is 8.91. The van der Waals surface area contributed by atoms with E-state index in [4.69, 9.17) is 5.11 Å². The number of carbonyl (C=O) groups is 1. The number of rotatable bonds is 5. The second-order valence-electron chi connectivity index (χ2n) is 3.95. The maximum absolute atomic E-state index is 13.8. The number of carboxylic acid groups (broad SMARTS) is 1. The van der Waals surface area contributed by atoms with Crippen LogP contribution in [0.1, 0.15) is 28.5 Å². The monoisotopic (exact) mass is 225 g/mol. The molecule has 0 spiro atoms. The Morgan fingerprint density at radius 1 is 1.44 bits per heavy atom. The lowest BCUT2D eigenvalue weighted by Gasteiger charge is -2.14. The van der Waals surface area contributed by atoms with E-state index in [9.17, 15) is 9.18 Å². The SMILES string of the molecule is CN(C)CCC(F)c1ccccc1C(=O)O. The first-order chi connectivity index (χ1) is 7.52. The van der Waals surface area contributed by atoms with Crippen molar-refractivity contribution >= 4 is 5.97 Å². The quantitative estimate of drug-likeness (QED) is 0.836. The van der Waals surface area contributed by atoms with Crippen LogP contribution in [0.5, 0.6) is 0 Å². The molecule has 0 fully saturated rings. The van der Waals surface area contributed by atoms with Crippen LogP contribution in [-0.2, 0) is 0 Å². The Morgan fingerprint density at radius 2 is 2.06 bits per heavy atom. The average molecular weight is 225 g/mol. The second kappa shape index (κ2) is 5.61. The number of hydrogen-bond acceptors (Lipinski definition) is 2. The third kappa shape index (κ3) is 3.31. The Bertz CT molecular complexity index is 366. The van der Waals surface area contributed by atoms with Gasteiger partial charge in [0, 0.05) is 12.1 Å². The Hall–Kier alpha value is -1.42. The first-order valence-corrected chi connectivity index (χ1v) is 5.13. The second-order valence-corrected chi connectivity index (χ2v) is 3.95. The molecule has 0 aliphatic carbocycles. The van der Waals surface area contributed by atoms with E-state index >= 15 is 0 Å². The normalized spacial score (nSPS) is 12.8. The number of alkyl halides is 1. The van der Waals surface area contributed by atoms with Crippen molar-refractivity contribution in [2.75, 3.05) is 20.6 Å². The Morgan fingerprint density at radius 3 is 2.62 bits per heavy atom. The zero-order valence-corrected chi connectivity index (χ0v) is 9.48. The van der Waals surface area contributed by atoms with Gasteiger partial charge in [0.1, 0.15) is 6.17 Å². The van der Waals surface area contributed by atoms with Crippen LogP contribution in [0.25, 0.3) is 0 Å². The van der Waals surface area contributed by atoms with E-state index < -0.39 is 12.1 Å². The van der Waals surface area contributed by atoms with Gasteiger partial charge in [-0.05, 0) is 26.6 Å². The van der Waals surface area contributed by atoms with E-state index in [0.717, 1.165) is 0 Å². The standard InChI is InChI=1S/C12H16FNO2/c1-14(2)8-7-11(13)9-5-3-4-6-10(9)12(15)16/h3-6,11H,7-8H2,1-2H3,(H,15,16). The van der Waals surface area contributed by atoms with Gasteiger partial charge in [0.2, 0.25) is 0 Å².